The average molecular weight is 318 g/mol. The van der Waals surface area contributed by atoms with Crippen molar-refractivity contribution in [2.75, 3.05) is 0 Å². The normalized spacial score (nSPS) is 16.9. The molecule has 5 heteroatoms. The maximum Gasteiger partial charge on any atom is 0.416 e. The van der Waals surface area contributed by atoms with E-state index in [-0.39, 0.29) is 17.0 Å². The summed E-state index contributed by atoms with van der Waals surface area (Å²) in [6.07, 6.45) is -0.571. The fourth-order valence-corrected chi connectivity index (χ4v) is 2.89. The molecule has 0 aliphatic heterocycles. The van der Waals surface area contributed by atoms with Gasteiger partial charge in [-0.2, -0.15) is 13.2 Å². The number of alkyl halides is 3. The molecule has 0 amide bonds. The summed E-state index contributed by atoms with van der Waals surface area (Å²) in [5.41, 5.74) is 1.37. The lowest BCUT2D eigenvalue weighted by Gasteiger charge is -2.23. The van der Waals surface area contributed by atoms with E-state index in [1.54, 1.807) is 30.4 Å². The van der Waals surface area contributed by atoms with Crippen LogP contribution in [0.3, 0.4) is 0 Å². The van der Waals surface area contributed by atoms with Gasteiger partial charge in [0.1, 0.15) is 0 Å². The number of rotatable bonds is 2. The van der Waals surface area contributed by atoms with Crippen LogP contribution in [0.25, 0.3) is 6.08 Å². The van der Waals surface area contributed by atoms with Crippen LogP contribution in [0.4, 0.5) is 13.2 Å². The standard InChI is InChI=1S/C18H13F3O2/c19-18(20,21)16-4-2-1-3-15(16)13-7-5-12-10-14(17(22)23)8-6-11(12)9-13/h1-8,10,13H,9H2,(H,22,23). The minimum Gasteiger partial charge on any atom is -0.478 e. The number of hydrogen-bond acceptors (Lipinski definition) is 1. The second-order valence-corrected chi connectivity index (χ2v) is 5.47. The van der Waals surface area contributed by atoms with Gasteiger partial charge in [-0.1, -0.05) is 36.4 Å². The maximum atomic E-state index is 13.2. The van der Waals surface area contributed by atoms with Crippen molar-refractivity contribution in [2.24, 2.45) is 0 Å². The van der Waals surface area contributed by atoms with Crippen LogP contribution in [0.2, 0.25) is 0 Å². The summed E-state index contributed by atoms with van der Waals surface area (Å²) in [6, 6.07) is 10.3. The fraction of sp³-hybridized carbons (Fsp3) is 0.167. The van der Waals surface area contributed by atoms with Crippen LogP contribution in [0.15, 0.2) is 48.5 Å². The molecular weight excluding hydrogens is 305 g/mol. The molecule has 0 heterocycles. The van der Waals surface area contributed by atoms with Gasteiger partial charge in [-0.3, -0.25) is 0 Å². The zero-order valence-corrected chi connectivity index (χ0v) is 12.0. The number of carboxylic acid groups (broad SMARTS) is 1. The lowest BCUT2D eigenvalue weighted by molar-refractivity contribution is -0.138. The number of allylic oxidation sites excluding steroid dienone is 1. The SMILES string of the molecule is O=C(O)c1ccc2c(c1)C=CC(c1ccccc1C(F)(F)F)C2. The van der Waals surface area contributed by atoms with Gasteiger partial charge in [0.2, 0.25) is 0 Å². The van der Waals surface area contributed by atoms with E-state index in [2.05, 4.69) is 0 Å². The van der Waals surface area contributed by atoms with Crippen molar-refractivity contribution in [3.05, 3.63) is 76.4 Å². The van der Waals surface area contributed by atoms with Gasteiger partial charge in [0, 0.05) is 5.92 Å². The highest BCUT2D eigenvalue weighted by Crippen LogP contribution is 2.38. The first-order valence-corrected chi connectivity index (χ1v) is 7.07. The predicted molar refractivity (Wildman–Crippen MR) is 80.3 cm³/mol. The van der Waals surface area contributed by atoms with Crippen molar-refractivity contribution in [3.8, 4) is 0 Å². The Hall–Kier alpha value is -2.56. The number of carboxylic acids is 1. The van der Waals surface area contributed by atoms with Gasteiger partial charge in [-0.05, 0) is 41.3 Å². The highest BCUT2D eigenvalue weighted by atomic mass is 19.4. The Morgan fingerprint density at radius 3 is 2.57 bits per heavy atom. The van der Waals surface area contributed by atoms with E-state index >= 15 is 0 Å². The highest BCUT2D eigenvalue weighted by molar-refractivity contribution is 5.88. The Labute approximate surface area is 130 Å². The van der Waals surface area contributed by atoms with E-state index in [9.17, 15) is 18.0 Å². The van der Waals surface area contributed by atoms with Crippen molar-refractivity contribution in [3.63, 3.8) is 0 Å². The summed E-state index contributed by atoms with van der Waals surface area (Å²) in [4.78, 5) is 11.0. The summed E-state index contributed by atoms with van der Waals surface area (Å²) in [5, 5.41) is 8.99. The summed E-state index contributed by atoms with van der Waals surface area (Å²) >= 11 is 0. The second kappa shape index (κ2) is 5.57. The first kappa shape index (κ1) is 15.3. The molecule has 0 radical (unpaired) electrons. The van der Waals surface area contributed by atoms with Crippen molar-refractivity contribution in [1.82, 2.24) is 0 Å². The molecule has 0 spiro atoms. The molecule has 3 rings (SSSR count). The number of hydrogen-bond donors (Lipinski definition) is 1. The number of carbonyl (C=O) groups is 1. The van der Waals surface area contributed by atoms with E-state index < -0.39 is 17.7 Å². The van der Waals surface area contributed by atoms with Gasteiger partial charge in [-0.15, -0.1) is 0 Å². The molecule has 1 N–H and O–H groups in total. The average Bonchev–Trinajstić information content (AvgIpc) is 2.53. The summed E-state index contributed by atoms with van der Waals surface area (Å²) < 4.78 is 39.5. The molecule has 1 aliphatic carbocycles. The van der Waals surface area contributed by atoms with Gasteiger partial charge in [0.15, 0.2) is 0 Å². The zero-order valence-electron chi connectivity index (χ0n) is 12.0. The van der Waals surface area contributed by atoms with Gasteiger partial charge in [0.05, 0.1) is 11.1 Å². The van der Waals surface area contributed by atoms with Crippen LogP contribution >= 0.6 is 0 Å². The Morgan fingerprint density at radius 1 is 1.13 bits per heavy atom. The third-order valence-corrected chi connectivity index (χ3v) is 4.01. The second-order valence-electron chi connectivity index (χ2n) is 5.47. The zero-order chi connectivity index (χ0) is 16.6. The quantitative estimate of drug-likeness (QED) is 0.867. The van der Waals surface area contributed by atoms with Gasteiger partial charge in [0.25, 0.3) is 0 Å². The number of aromatic carboxylic acids is 1. The molecular formula is C18H13F3O2. The summed E-state index contributed by atoms with van der Waals surface area (Å²) in [7, 11) is 0. The molecule has 0 aromatic heterocycles. The molecule has 1 atom stereocenters. The molecule has 2 aromatic rings. The Morgan fingerprint density at radius 2 is 1.87 bits per heavy atom. The van der Waals surface area contributed by atoms with E-state index in [1.807, 2.05) is 0 Å². The number of halogens is 3. The lowest BCUT2D eigenvalue weighted by Crippen LogP contribution is -2.14. The molecule has 2 nitrogen and oxygen atoms in total. The smallest absolute Gasteiger partial charge is 0.416 e. The van der Waals surface area contributed by atoms with Crippen LogP contribution in [0, 0.1) is 0 Å². The van der Waals surface area contributed by atoms with Gasteiger partial charge < -0.3 is 5.11 Å². The van der Waals surface area contributed by atoms with Crippen molar-refractivity contribution in [1.29, 1.82) is 0 Å². The third-order valence-electron chi connectivity index (χ3n) is 4.01. The van der Waals surface area contributed by atoms with E-state index in [4.69, 9.17) is 5.11 Å². The summed E-state index contributed by atoms with van der Waals surface area (Å²) in [5.74, 6) is -1.40. The largest absolute Gasteiger partial charge is 0.478 e. The van der Waals surface area contributed by atoms with Gasteiger partial charge in [-0.25, -0.2) is 4.79 Å². The Kier molecular flexibility index (Phi) is 3.72. The lowest BCUT2D eigenvalue weighted by atomic mass is 9.83. The highest BCUT2D eigenvalue weighted by Gasteiger charge is 2.34. The minimum atomic E-state index is -4.39. The van der Waals surface area contributed by atoms with Crippen molar-refractivity contribution in [2.45, 2.75) is 18.5 Å². The van der Waals surface area contributed by atoms with Crippen LogP contribution < -0.4 is 0 Å². The van der Waals surface area contributed by atoms with E-state index in [0.717, 1.165) is 17.2 Å². The predicted octanol–water partition coefficient (Wildman–Crippen LogP) is 4.76. The van der Waals surface area contributed by atoms with E-state index in [1.165, 1.54) is 18.2 Å². The summed E-state index contributed by atoms with van der Waals surface area (Å²) in [6.45, 7) is 0. The fourth-order valence-electron chi connectivity index (χ4n) is 2.89. The first-order chi connectivity index (χ1) is 10.9. The third kappa shape index (κ3) is 2.99. The molecule has 23 heavy (non-hydrogen) atoms. The molecule has 0 saturated carbocycles. The van der Waals surface area contributed by atoms with Crippen molar-refractivity contribution < 1.29 is 23.1 Å². The van der Waals surface area contributed by atoms with Gasteiger partial charge >= 0.3 is 12.1 Å². The van der Waals surface area contributed by atoms with E-state index in [0.29, 0.717) is 6.42 Å². The molecule has 118 valence electrons. The topological polar surface area (TPSA) is 37.3 Å². The molecule has 0 bridgehead atoms. The minimum absolute atomic E-state index is 0.169. The molecule has 1 unspecified atom stereocenters. The van der Waals surface area contributed by atoms with Crippen LogP contribution in [0.5, 0.6) is 0 Å². The molecule has 0 fully saturated rings. The van der Waals surface area contributed by atoms with Crippen LogP contribution in [0.1, 0.15) is 38.5 Å². The Balaban J connectivity index is 1.98. The first-order valence-electron chi connectivity index (χ1n) is 7.07. The molecule has 1 aliphatic rings. The number of fused-ring (bicyclic) bond motifs is 1. The molecule has 2 aromatic carbocycles. The van der Waals surface area contributed by atoms with Crippen LogP contribution in [-0.2, 0) is 12.6 Å². The van der Waals surface area contributed by atoms with Crippen LogP contribution in [-0.4, -0.2) is 11.1 Å². The molecule has 0 saturated heterocycles. The number of benzene rings is 2. The monoisotopic (exact) mass is 318 g/mol. The van der Waals surface area contributed by atoms with Crippen molar-refractivity contribution >= 4 is 12.0 Å². The Bertz CT molecular complexity index is 791. The maximum absolute atomic E-state index is 13.2.